The highest BCUT2D eigenvalue weighted by atomic mass is 16.5. The smallest absolute Gasteiger partial charge is 0.254 e. The highest BCUT2D eigenvalue weighted by Crippen LogP contribution is 2.13. The maximum Gasteiger partial charge on any atom is 0.254 e. The predicted molar refractivity (Wildman–Crippen MR) is 108 cm³/mol. The number of furan rings is 1. The van der Waals surface area contributed by atoms with Crippen LogP contribution in [0.15, 0.2) is 40.8 Å². The summed E-state index contributed by atoms with van der Waals surface area (Å²) in [7, 11) is 1.60. The maximum absolute atomic E-state index is 13.0. The van der Waals surface area contributed by atoms with Gasteiger partial charge in [-0.15, -0.1) is 0 Å². The number of carbonyl (C=O) groups is 2. The average molecular weight is 386 g/mol. The number of benzene rings is 1. The zero-order valence-electron chi connectivity index (χ0n) is 17.4. The summed E-state index contributed by atoms with van der Waals surface area (Å²) in [6, 6.07) is 11.0. The van der Waals surface area contributed by atoms with Crippen LogP contribution in [0.1, 0.15) is 41.3 Å². The Morgan fingerprint density at radius 1 is 1.07 bits per heavy atom. The van der Waals surface area contributed by atoms with E-state index in [1.165, 1.54) is 0 Å². The summed E-state index contributed by atoms with van der Waals surface area (Å²) in [6.45, 7) is 8.87. The number of methoxy groups -OCH3 is 1. The first kappa shape index (κ1) is 21.7. The highest BCUT2D eigenvalue weighted by molar-refractivity contribution is 5.96. The summed E-state index contributed by atoms with van der Waals surface area (Å²) < 4.78 is 10.8. The molecule has 1 aromatic heterocycles. The maximum atomic E-state index is 13.0. The van der Waals surface area contributed by atoms with Crippen LogP contribution in [-0.4, -0.2) is 54.5 Å². The molecule has 6 nitrogen and oxygen atoms in total. The molecule has 0 unspecified atom stereocenters. The van der Waals surface area contributed by atoms with Crippen LogP contribution in [0.25, 0.3) is 0 Å². The Hall–Kier alpha value is -2.60. The van der Waals surface area contributed by atoms with E-state index in [-0.39, 0.29) is 24.4 Å². The van der Waals surface area contributed by atoms with E-state index in [1.807, 2.05) is 52.0 Å². The number of nitrogens with zero attached hydrogens (tertiary/aromatic N) is 2. The van der Waals surface area contributed by atoms with E-state index in [4.69, 9.17) is 9.15 Å². The number of amides is 2. The lowest BCUT2D eigenvalue weighted by Crippen LogP contribution is -2.46. The van der Waals surface area contributed by atoms with Crippen molar-refractivity contribution in [3.05, 3.63) is 59.0 Å². The monoisotopic (exact) mass is 386 g/mol. The van der Waals surface area contributed by atoms with E-state index in [1.54, 1.807) is 29.0 Å². The third-order valence-corrected chi connectivity index (χ3v) is 4.55. The Bertz CT molecular complexity index is 780. The van der Waals surface area contributed by atoms with Gasteiger partial charge in [-0.3, -0.25) is 9.59 Å². The van der Waals surface area contributed by atoms with Gasteiger partial charge >= 0.3 is 0 Å². The summed E-state index contributed by atoms with van der Waals surface area (Å²) >= 11 is 0. The van der Waals surface area contributed by atoms with E-state index in [0.717, 1.165) is 11.3 Å². The van der Waals surface area contributed by atoms with Gasteiger partial charge in [-0.25, -0.2) is 0 Å². The van der Waals surface area contributed by atoms with Gasteiger partial charge in [0, 0.05) is 25.3 Å². The summed E-state index contributed by atoms with van der Waals surface area (Å²) in [5, 5.41) is 0. The van der Waals surface area contributed by atoms with Crippen LogP contribution in [0.2, 0.25) is 0 Å². The minimum atomic E-state index is -0.149. The van der Waals surface area contributed by atoms with Gasteiger partial charge in [-0.2, -0.15) is 0 Å². The quantitative estimate of drug-likeness (QED) is 0.662. The molecule has 0 aliphatic rings. The number of aryl methyl sites for hydroxylation is 2. The van der Waals surface area contributed by atoms with Crippen LogP contribution in [0, 0.1) is 13.8 Å². The van der Waals surface area contributed by atoms with Gasteiger partial charge in [0.2, 0.25) is 5.91 Å². The largest absolute Gasteiger partial charge is 0.464 e. The summed E-state index contributed by atoms with van der Waals surface area (Å²) in [5.74, 6) is 1.22. The van der Waals surface area contributed by atoms with E-state index in [0.29, 0.717) is 31.0 Å². The second-order valence-electron chi connectivity index (χ2n) is 7.21. The van der Waals surface area contributed by atoms with Crippen LogP contribution < -0.4 is 0 Å². The Kier molecular flexibility index (Phi) is 7.81. The minimum Gasteiger partial charge on any atom is -0.464 e. The fourth-order valence-corrected chi connectivity index (χ4v) is 2.85. The van der Waals surface area contributed by atoms with Crippen LogP contribution in [0.5, 0.6) is 0 Å². The molecule has 152 valence electrons. The van der Waals surface area contributed by atoms with Crippen LogP contribution >= 0.6 is 0 Å². The third-order valence-electron chi connectivity index (χ3n) is 4.55. The molecule has 0 spiro atoms. The van der Waals surface area contributed by atoms with Crippen molar-refractivity contribution in [1.82, 2.24) is 9.80 Å². The number of hydrogen-bond donors (Lipinski definition) is 0. The number of hydrogen-bond acceptors (Lipinski definition) is 4. The zero-order chi connectivity index (χ0) is 20.7. The first-order chi connectivity index (χ1) is 13.3. The second kappa shape index (κ2) is 10.1. The predicted octanol–water partition coefficient (Wildman–Crippen LogP) is 3.42. The van der Waals surface area contributed by atoms with Crippen molar-refractivity contribution in [2.75, 3.05) is 26.8 Å². The van der Waals surface area contributed by atoms with Gasteiger partial charge in [-0.1, -0.05) is 17.7 Å². The van der Waals surface area contributed by atoms with Crippen LogP contribution in [-0.2, 0) is 16.1 Å². The molecule has 0 saturated carbocycles. The van der Waals surface area contributed by atoms with Gasteiger partial charge < -0.3 is 19.0 Å². The molecule has 6 heteroatoms. The number of carbonyl (C=O) groups excluding carboxylic acids is 2. The lowest BCUT2D eigenvalue weighted by atomic mass is 10.1. The van der Waals surface area contributed by atoms with E-state index < -0.39 is 0 Å². The van der Waals surface area contributed by atoms with E-state index >= 15 is 0 Å². The van der Waals surface area contributed by atoms with Crippen LogP contribution in [0.4, 0.5) is 0 Å². The second-order valence-corrected chi connectivity index (χ2v) is 7.21. The van der Waals surface area contributed by atoms with Crippen molar-refractivity contribution >= 4 is 11.8 Å². The topological polar surface area (TPSA) is 63.0 Å². The summed E-state index contributed by atoms with van der Waals surface area (Å²) in [4.78, 5) is 29.2. The Labute approximate surface area is 167 Å². The molecule has 0 saturated heterocycles. The lowest BCUT2D eigenvalue weighted by Gasteiger charge is -2.30. The molecule has 0 N–H and O–H groups in total. The molecular formula is C22H30N2O4. The first-order valence-electron chi connectivity index (χ1n) is 9.51. The van der Waals surface area contributed by atoms with Gasteiger partial charge in [0.25, 0.3) is 5.91 Å². The van der Waals surface area contributed by atoms with Gasteiger partial charge in [0.1, 0.15) is 18.1 Å². The molecule has 2 amide bonds. The molecule has 2 aromatic rings. The van der Waals surface area contributed by atoms with Crippen molar-refractivity contribution in [2.45, 2.75) is 40.3 Å². The SMILES string of the molecule is COCCN(Cc1ccc(C)o1)C(=O)CN(C(=O)c1ccc(C)cc1)C(C)C. The summed E-state index contributed by atoms with van der Waals surface area (Å²) in [6.07, 6.45) is 0. The van der Waals surface area contributed by atoms with Crippen molar-refractivity contribution in [1.29, 1.82) is 0 Å². The molecule has 1 heterocycles. The Balaban J connectivity index is 2.14. The lowest BCUT2D eigenvalue weighted by molar-refractivity contribution is -0.133. The molecule has 1 aromatic carbocycles. The molecule has 0 fully saturated rings. The Morgan fingerprint density at radius 2 is 1.75 bits per heavy atom. The van der Waals surface area contributed by atoms with Crippen LogP contribution in [0.3, 0.4) is 0 Å². The van der Waals surface area contributed by atoms with Crippen molar-refractivity contribution in [3.8, 4) is 0 Å². The standard InChI is InChI=1S/C22H30N2O4/c1-16(2)24(22(26)19-9-6-17(3)7-10-19)15-21(25)23(12-13-27-5)14-20-11-8-18(4)28-20/h6-11,16H,12-15H2,1-5H3. The average Bonchev–Trinajstić information content (AvgIpc) is 3.07. The molecule has 0 aliphatic heterocycles. The molecule has 0 bridgehead atoms. The van der Waals surface area contributed by atoms with Crippen molar-refractivity contribution in [3.63, 3.8) is 0 Å². The molecule has 0 aliphatic carbocycles. The van der Waals surface area contributed by atoms with Crippen molar-refractivity contribution < 1.29 is 18.7 Å². The highest BCUT2D eigenvalue weighted by Gasteiger charge is 2.25. The van der Waals surface area contributed by atoms with Gasteiger partial charge in [-0.05, 0) is 52.0 Å². The normalized spacial score (nSPS) is 10.9. The zero-order valence-corrected chi connectivity index (χ0v) is 17.4. The molecule has 28 heavy (non-hydrogen) atoms. The fourth-order valence-electron chi connectivity index (χ4n) is 2.85. The van der Waals surface area contributed by atoms with Gasteiger partial charge in [0.15, 0.2) is 0 Å². The van der Waals surface area contributed by atoms with E-state index in [9.17, 15) is 9.59 Å². The fraction of sp³-hybridized carbons (Fsp3) is 0.455. The molecule has 2 rings (SSSR count). The summed E-state index contributed by atoms with van der Waals surface area (Å²) in [5.41, 5.74) is 1.67. The first-order valence-corrected chi connectivity index (χ1v) is 9.51. The molecular weight excluding hydrogens is 356 g/mol. The minimum absolute atomic E-state index is 0.00772. The van der Waals surface area contributed by atoms with Gasteiger partial charge in [0.05, 0.1) is 13.2 Å². The van der Waals surface area contributed by atoms with Crippen molar-refractivity contribution in [2.24, 2.45) is 0 Å². The number of rotatable bonds is 9. The Morgan fingerprint density at radius 3 is 2.29 bits per heavy atom. The number of ether oxygens (including phenoxy) is 1. The third kappa shape index (κ3) is 5.96. The van der Waals surface area contributed by atoms with E-state index in [2.05, 4.69) is 0 Å². The molecule has 0 atom stereocenters. The molecule has 0 radical (unpaired) electrons.